The van der Waals surface area contributed by atoms with E-state index >= 15 is 0 Å². The number of carbonyl (C=O) groups is 1. The molecule has 0 saturated carbocycles. The molecule has 1 aromatic carbocycles. The molecule has 22 heavy (non-hydrogen) atoms. The molecular weight excluding hydrogens is 325 g/mol. The first-order valence-corrected chi connectivity index (χ1v) is 7.64. The van der Waals surface area contributed by atoms with Crippen LogP contribution >= 0.6 is 0 Å². The van der Waals surface area contributed by atoms with E-state index in [1.54, 1.807) is 6.92 Å². The zero-order valence-electron chi connectivity index (χ0n) is 12.1. The van der Waals surface area contributed by atoms with Crippen molar-refractivity contribution in [2.24, 2.45) is 5.41 Å². The number of benzene rings is 1. The quantitative estimate of drug-likeness (QED) is 0.517. The van der Waals surface area contributed by atoms with Gasteiger partial charge in [-0.3, -0.25) is 9.35 Å². The average Bonchev–Trinajstić information content (AvgIpc) is 2.36. The average molecular weight is 340 g/mol. The SMILES string of the molecule is CCC(C)(C)C(=O)Oc1cc(C(F)(F)F)ccc1S(=O)(=O)O. The largest absolute Gasteiger partial charge is 0.425 e. The number of halogens is 3. The van der Waals surface area contributed by atoms with Crippen molar-refractivity contribution in [2.75, 3.05) is 0 Å². The van der Waals surface area contributed by atoms with Crippen molar-refractivity contribution in [1.82, 2.24) is 0 Å². The van der Waals surface area contributed by atoms with Gasteiger partial charge in [-0.25, -0.2) is 0 Å². The van der Waals surface area contributed by atoms with E-state index in [1.165, 1.54) is 13.8 Å². The topological polar surface area (TPSA) is 80.7 Å². The first-order chi connectivity index (χ1) is 9.79. The van der Waals surface area contributed by atoms with E-state index < -0.39 is 43.9 Å². The van der Waals surface area contributed by atoms with Crippen LogP contribution in [0.5, 0.6) is 5.75 Å². The van der Waals surface area contributed by atoms with Crippen LogP contribution in [-0.2, 0) is 21.1 Å². The molecule has 0 atom stereocenters. The molecule has 9 heteroatoms. The van der Waals surface area contributed by atoms with Crippen molar-refractivity contribution in [1.29, 1.82) is 0 Å². The number of carbonyl (C=O) groups excluding carboxylic acids is 1. The molecule has 0 spiro atoms. The van der Waals surface area contributed by atoms with Gasteiger partial charge in [0.05, 0.1) is 11.0 Å². The Labute approximate surface area is 125 Å². The molecule has 0 saturated heterocycles. The van der Waals surface area contributed by atoms with Gasteiger partial charge in [-0.05, 0) is 38.5 Å². The highest BCUT2D eigenvalue weighted by atomic mass is 32.2. The molecule has 0 unspecified atom stereocenters. The van der Waals surface area contributed by atoms with Crippen molar-refractivity contribution >= 4 is 16.1 Å². The van der Waals surface area contributed by atoms with E-state index in [1.807, 2.05) is 0 Å². The molecule has 0 bridgehead atoms. The van der Waals surface area contributed by atoms with Gasteiger partial charge in [0.2, 0.25) is 0 Å². The summed E-state index contributed by atoms with van der Waals surface area (Å²) in [6.45, 7) is 4.66. The van der Waals surface area contributed by atoms with E-state index in [-0.39, 0.29) is 0 Å². The summed E-state index contributed by atoms with van der Waals surface area (Å²) in [5.41, 5.74) is -2.22. The minimum atomic E-state index is -4.84. The van der Waals surface area contributed by atoms with Gasteiger partial charge < -0.3 is 4.74 Å². The molecule has 1 N–H and O–H groups in total. The summed E-state index contributed by atoms with van der Waals surface area (Å²) in [5.74, 6) is -1.76. The molecule has 0 fully saturated rings. The Morgan fingerprint density at radius 3 is 2.23 bits per heavy atom. The van der Waals surface area contributed by atoms with Gasteiger partial charge >= 0.3 is 12.1 Å². The van der Waals surface area contributed by atoms with Crippen LogP contribution in [0.2, 0.25) is 0 Å². The van der Waals surface area contributed by atoms with Crippen molar-refractivity contribution in [3.63, 3.8) is 0 Å². The van der Waals surface area contributed by atoms with Crippen molar-refractivity contribution < 1.29 is 35.7 Å². The van der Waals surface area contributed by atoms with Gasteiger partial charge in [0.25, 0.3) is 10.1 Å². The summed E-state index contributed by atoms with van der Waals surface area (Å²) in [4.78, 5) is 11.0. The fourth-order valence-corrected chi connectivity index (χ4v) is 1.95. The Kier molecular flexibility index (Phi) is 4.93. The second-order valence-electron chi connectivity index (χ2n) is 5.26. The van der Waals surface area contributed by atoms with Gasteiger partial charge in [-0.15, -0.1) is 0 Å². The lowest BCUT2D eigenvalue weighted by atomic mass is 9.91. The van der Waals surface area contributed by atoms with Crippen LogP contribution in [0.15, 0.2) is 23.1 Å². The lowest BCUT2D eigenvalue weighted by Crippen LogP contribution is -2.28. The summed E-state index contributed by atoms with van der Waals surface area (Å²) in [6.07, 6.45) is -4.43. The second-order valence-corrected chi connectivity index (χ2v) is 6.65. The summed E-state index contributed by atoms with van der Waals surface area (Å²) in [5, 5.41) is 0. The second kappa shape index (κ2) is 5.88. The standard InChI is InChI=1S/C13H15F3O5S/c1-4-12(2,3)11(17)21-9-7-8(13(14,15)16)5-6-10(9)22(18,19)20/h5-7H,4H2,1-3H3,(H,18,19,20). The summed E-state index contributed by atoms with van der Waals surface area (Å²) < 4.78 is 74.3. The third-order valence-electron chi connectivity index (χ3n) is 3.19. The highest BCUT2D eigenvalue weighted by molar-refractivity contribution is 7.86. The Bertz CT molecular complexity index is 677. The molecule has 1 aromatic rings. The van der Waals surface area contributed by atoms with E-state index in [2.05, 4.69) is 0 Å². The molecular formula is C13H15F3O5S. The Balaban J connectivity index is 3.39. The Morgan fingerprint density at radius 2 is 1.82 bits per heavy atom. The number of esters is 1. The molecule has 0 radical (unpaired) electrons. The molecule has 0 aliphatic rings. The summed E-state index contributed by atoms with van der Waals surface area (Å²) in [7, 11) is -4.84. The van der Waals surface area contributed by atoms with Crippen LogP contribution in [0.25, 0.3) is 0 Å². The zero-order chi connectivity index (χ0) is 17.3. The number of hydrogen-bond donors (Lipinski definition) is 1. The first kappa shape index (κ1) is 18.4. The molecule has 5 nitrogen and oxygen atoms in total. The van der Waals surface area contributed by atoms with Crippen LogP contribution in [0.1, 0.15) is 32.8 Å². The Hall–Kier alpha value is -1.61. The monoisotopic (exact) mass is 340 g/mol. The first-order valence-electron chi connectivity index (χ1n) is 6.20. The van der Waals surface area contributed by atoms with Crippen molar-refractivity contribution in [3.05, 3.63) is 23.8 Å². The van der Waals surface area contributed by atoms with Gasteiger partial charge in [0, 0.05) is 0 Å². The highest BCUT2D eigenvalue weighted by Crippen LogP contribution is 2.35. The Morgan fingerprint density at radius 1 is 1.27 bits per heavy atom. The fraction of sp³-hybridized carbons (Fsp3) is 0.462. The van der Waals surface area contributed by atoms with Crippen LogP contribution < -0.4 is 4.74 Å². The third-order valence-corrected chi connectivity index (χ3v) is 4.08. The minimum absolute atomic E-state index is 0.325. The van der Waals surface area contributed by atoms with Gasteiger partial charge in [0.15, 0.2) is 5.75 Å². The molecule has 124 valence electrons. The molecule has 0 aliphatic carbocycles. The maximum Gasteiger partial charge on any atom is 0.416 e. The van der Waals surface area contributed by atoms with Crippen LogP contribution in [0, 0.1) is 5.41 Å². The maximum absolute atomic E-state index is 12.7. The van der Waals surface area contributed by atoms with Crippen LogP contribution in [0.4, 0.5) is 13.2 Å². The number of ether oxygens (including phenoxy) is 1. The number of rotatable bonds is 4. The molecule has 1 rings (SSSR count). The lowest BCUT2D eigenvalue weighted by molar-refractivity contribution is -0.145. The van der Waals surface area contributed by atoms with E-state index in [9.17, 15) is 26.4 Å². The minimum Gasteiger partial charge on any atom is -0.425 e. The molecule has 0 aromatic heterocycles. The lowest BCUT2D eigenvalue weighted by Gasteiger charge is -2.21. The maximum atomic E-state index is 12.7. The molecule has 0 heterocycles. The number of alkyl halides is 3. The predicted octanol–water partition coefficient (Wildman–Crippen LogP) is 3.29. The normalized spacial score (nSPS) is 13.0. The fourth-order valence-electron chi connectivity index (χ4n) is 1.36. The van der Waals surface area contributed by atoms with Gasteiger partial charge in [-0.1, -0.05) is 6.92 Å². The predicted molar refractivity (Wildman–Crippen MR) is 71.0 cm³/mol. The number of hydrogen-bond acceptors (Lipinski definition) is 4. The van der Waals surface area contributed by atoms with E-state index in [4.69, 9.17) is 9.29 Å². The van der Waals surface area contributed by atoms with Crippen molar-refractivity contribution in [2.45, 2.75) is 38.3 Å². The zero-order valence-corrected chi connectivity index (χ0v) is 12.9. The summed E-state index contributed by atoms with van der Waals surface area (Å²) >= 11 is 0. The van der Waals surface area contributed by atoms with E-state index in [0.717, 1.165) is 0 Å². The van der Waals surface area contributed by atoms with Crippen LogP contribution in [0.3, 0.4) is 0 Å². The highest BCUT2D eigenvalue weighted by Gasteiger charge is 2.34. The van der Waals surface area contributed by atoms with Crippen LogP contribution in [-0.4, -0.2) is 18.9 Å². The smallest absolute Gasteiger partial charge is 0.416 e. The van der Waals surface area contributed by atoms with Gasteiger partial charge in [0.1, 0.15) is 4.90 Å². The van der Waals surface area contributed by atoms with Gasteiger partial charge in [-0.2, -0.15) is 21.6 Å². The summed E-state index contributed by atoms with van der Waals surface area (Å²) in [6, 6.07) is 1.39. The molecule has 0 amide bonds. The van der Waals surface area contributed by atoms with E-state index in [0.29, 0.717) is 24.6 Å². The van der Waals surface area contributed by atoms with Crippen molar-refractivity contribution in [3.8, 4) is 5.75 Å². The third kappa shape index (κ3) is 4.20. The molecule has 0 aliphatic heterocycles.